The number of nitrogens with zero attached hydrogens (tertiary/aromatic N) is 7. The van der Waals surface area contributed by atoms with Gasteiger partial charge in [-0.3, -0.25) is 0 Å². The molecule has 0 unspecified atom stereocenters. The number of imidazole rings is 1. The number of fused-ring (bicyclic) bond motifs is 1. The van der Waals surface area contributed by atoms with Crippen molar-refractivity contribution in [2.24, 2.45) is 7.05 Å². The predicted molar refractivity (Wildman–Crippen MR) is 131 cm³/mol. The van der Waals surface area contributed by atoms with Crippen LogP contribution in [-0.4, -0.2) is 43.0 Å². The fourth-order valence-electron chi connectivity index (χ4n) is 5.15. The van der Waals surface area contributed by atoms with Crippen molar-refractivity contribution in [2.45, 2.75) is 44.5 Å². The number of ether oxygens (including phenoxy) is 1. The number of benzene rings is 1. The first-order chi connectivity index (χ1) is 18.7. The van der Waals surface area contributed by atoms with Crippen LogP contribution in [0.2, 0.25) is 0 Å². The fourth-order valence-corrected chi connectivity index (χ4v) is 5.15. The monoisotopic (exact) mass is 545 g/mol. The van der Waals surface area contributed by atoms with Gasteiger partial charge < -0.3 is 14.2 Å². The third-order valence-electron chi connectivity index (χ3n) is 7.16. The zero-order valence-electron chi connectivity index (χ0n) is 21.1. The molecule has 0 bridgehead atoms. The minimum absolute atomic E-state index is 0.194. The van der Waals surface area contributed by atoms with Crippen LogP contribution in [0, 0.1) is 0 Å². The van der Waals surface area contributed by atoms with Crippen LogP contribution < -0.4 is 9.64 Å². The molecule has 13 heteroatoms. The highest BCUT2D eigenvalue weighted by molar-refractivity contribution is 5.73. The van der Waals surface area contributed by atoms with Crippen LogP contribution in [0.4, 0.5) is 27.6 Å². The van der Waals surface area contributed by atoms with Gasteiger partial charge in [0.1, 0.15) is 17.8 Å². The van der Waals surface area contributed by atoms with Gasteiger partial charge in [0.05, 0.1) is 24.1 Å². The van der Waals surface area contributed by atoms with Gasteiger partial charge in [0.25, 0.3) is 0 Å². The Labute approximate surface area is 220 Å². The molecule has 0 atom stereocenters. The lowest BCUT2D eigenvalue weighted by atomic mass is 9.98. The number of hydrogen-bond acceptors (Lipinski definition) is 6. The Morgan fingerprint density at radius 1 is 1.08 bits per heavy atom. The molecule has 204 valence electrons. The molecule has 3 aromatic heterocycles. The maximum absolute atomic E-state index is 14.0. The summed E-state index contributed by atoms with van der Waals surface area (Å²) in [5.41, 5.74) is 3.16. The molecular weight excluding hydrogens is 521 g/mol. The van der Waals surface area contributed by atoms with E-state index < -0.39 is 18.4 Å². The summed E-state index contributed by atoms with van der Waals surface area (Å²) >= 11 is 0. The molecule has 6 rings (SSSR count). The van der Waals surface area contributed by atoms with E-state index >= 15 is 0 Å². The Morgan fingerprint density at radius 3 is 2.44 bits per heavy atom. The first-order valence-electron chi connectivity index (χ1n) is 12.4. The summed E-state index contributed by atoms with van der Waals surface area (Å²) in [6.07, 6.45) is 0.0631. The third-order valence-corrected chi connectivity index (χ3v) is 7.16. The van der Waals surface area contributed by atoms with Crippen LogP contribution in [0.1, 0.15) is 48.0 Å². The van der Waals surface area contributed by atoms with Crippen LogP contribution in [0.25, 0.3) is 22.6 Å². The lowest BCUT2D eigenvalue weighted by Crippen LogP contribution is -2.31. The second-order valence-electron chi connectivity index (χ2n) is 9.69. The van der Waals surface area contributed by atoms with Gasteiger partial charge in [-0.15, -0.1) is 0 Å². The van der Waals surface area contributed by atoms with Gasteiger partial charge in [0.2, 0.25) is 5.88 Å². The Morgan fingerprint density at radius 2 is 1.82 bits per heavy atom. The smallest absolute Gasteiger partial charge is 0.434 e. The van der Waals surface area contributed by atoms with E-state index in [1.54, 1.807) is 24.3 Å². The van der Waals surface area contributed by atoms with Gasteiger partial charge in [-0.1, -0.05) is 0 Å². The maximum atomic E-state index is 14.0. The van der Waals surface area contributed by atoms with Crippen molar-refractivity contribution in [2.75, 3.05) is 18.6 Å². The molecule has 0 N–H and O–H groups in total. The quantitative estimate of drug-likeness (QED) is 0.294. The molecule has 39 heavy (non-hydrogen) atoms. The van der Waals surface area contributed by atoms with Gasteiger partial charge in [-0.2, -0.15) is 27.1 Å². The molecule has 1 fully saturated rings. The van der Waals surface area contributed by atoms with Crippen molar-refractivity contribution < 1.29 is 26.7 Å². The molecule has 1 saturated carbocycles. The molecule has 0 radical (unpaired) electrons. The average Bonchev–Trinajstić information content (AvgIpc) is 3.58. The molecule has 2 aliphatic rings. The molecule has 4 aromatic rings. The second-order valence-corrected chi connectivity index (χ2v) is 9.69. The van der Waals surface area contributed by atoms with E-state index in [2.05, 4.69) is 20.1 Å². The van der Waals surface area contributed by atoms with Gasteiger partial charge in [0.15, 0.2) is 5.69 Å². The number of methoxy groups -OCH3 is 1. The number of halogens is 5. The molecule has 1 aliphatic heterocycles. The minimum Gasteiger partial charge on any atom is -0.480 e. The van der Waals surface area contributed by atoms with Gasteiger partial charge >= 0.3 is 12.7 Å². The predicted octanol–water partition coefficient (Wildman–Crippen LogP) is 5.60. The highest BCUT2D eigenvalue weighted by atomic mass is 19.4. The van der Waals surface area contributed by atoms with E-state index in [1.165, 1.54) is 25.1 Å². The topological polar surface area (TPSA) is 73.9 Å². The molecule has 8 nitrogen and oxygen atoms in total. The van der Waals surface area contributed by atoms with Crippen molar-refractivity contribution >= 4 is 5.69 Å². The summed E-state index contributed by atoms with van der Waals surface area (Å²) in [5.74, 6) is 0.697. The number of anilines is 1. The van der Waals surface area contributed by atoms with Gasteiger partial charge in [0, 0.05) is 55.5 Å². The Kier molecular flexibility index (Phi) is 6.03. The molecule has 4 heterocycles. The lowest BCUT2D eigenvalue weighted by molar-refractivity contribution is -0.140. The van der Waals surface area contributed by atoms with Crippen molar-refractivity contribution in [1.82, 2.24) is 29.3 Å². The van der Waals surface area contributed by atoms with Crippen LogP contribution in [0.3, 0.4) is 0 Å². The van der Waals surface area contributed by atoms with Crippen molar-refractivity contribution in [3.63, 3.8) is 0 Å². The Balaban J connectivity index is 1.35. The maximum Gasteiger partial charge on any atom is 0.434 e. The number of aryl methyl sites for hydroxylation is 1. The summed E-state index contributed by atoms with van der Waals surface area (Å²) < 4.78 is 74.9. The largest absolute Gasteiger partial charge is 0.480 e. The molecule has 0 saturated heterocycles. The van der Waals surface area contributed by atoms with Crippen LogP contribution >= 0.6 is 0 Å². The number of hydrogen-bond donors (Lipinski definition) is 0. The Hall–Kier alpha value is -4.03. The van der Waals surface area contributed by atoms with E-state index in [1.807, 2.05) is 4.90 Å². The van der Waals surface area contributed by atoms with Crippen molar-refractivity contribution in [3.05, 3.63) is 59.4 Å². The normalized spacial score (nSPS) is 15.6. The number of alkyl halides is 5. The summed E-state index contributed by atoms with van der Waals surface area (Å²) in [7, 11) is 2.99. The molecule has 0 spiro atoms. The van der Waals surface area contributed by atoms with Crippen LogP contribution in [0.5, 0.6) is 5.88 Å². The Bertz CT molecular complexity index is 1520. The standard InChI is InChI=1S/C26H24F5N7O/c1-36-12-19(26(29,30)31)34-23(36)15-5-7-16(8-6-15)37-10-9-18-17(11-37)22(35-38(18)25(27)28)20-21(14-3-4-14)32-13-33-24(20)39-2/h5-8,12-14,25H,3-4,9-11H2,1-2H3. The number of rotatable bonds is 6. The van der Waals surface area contributed by atoms with E-state index in [9.17, 15) is 22.0 Å². The zero-order valence-corrected chi connectivity index (χ0v) is 21.1. The summed E-state index contributed by atoms with van der Waals surface area (Å²) in [6, 6.07) is 6.99. The summed E-state index contributed by atoms with van der Waals surface area (Å²) in [6.45, 7) is -2.04. The van der Waals surface area contributed by atoms with Gasteiger partial charge in [-0.05, 0) is 37.1 Å². The zero-order chi connectivity index (χ0) is 27.5. The van der Waals surface area contributed by atoms with E-state index in [4.69, 9.17) is 4.74 Å². The molecule has 0 amide bonds. The number of aromatic nitrogens is 6. The molecule has 1 aliphatic carbocycles. The van der Waals surface area contributed by atoms with Crippen molar-refractivity contribution in [1.29, 1.82) is 0 Å². The molecular formula is C26H24F5N7O. The second kappa shape index (κ2) is 9.31. The summed E-state index contributed by atoms with van der Waals surface area (Å²) in [4.78, 5) is 14.5. The van der Waals surface area contributed by atoms with Gasteiger partial charge in [-0.25, -0.2) is 19.6 Å². The minimum atomic E-state index is -4.53. The highest BCUT2D eigenvalue weighted by Crippen LogP contribution is 2.47. The fraction of sp³-hybridized carbons (Fsp3) is 0.385. The van der Waals surface area contributed by atoms with E-state index in [-0.39, 0.29) is 11.7 Å². The van der Waals surface area contributed by atoms with Crippen LogP contribution in [0.15, 0.2) is 36.8 Å². The first-order valence-corrected chi connectivity index (χ1v) is 12.4. The van der Waals surface area contributed by atoms with Crippen molar-refractivity contribution in [3.8, 4) is 28.5 Å². The average molecular weight is 546 g/mol. The van der Waals surface area contributed by atoms with E-state index in [0.29, 0.717) is 53.5 Å². The molecule has 1 aromatic carbocycles. The van der Waals surface area contributed by atoms with E-state index in [0.717, 1.165) is 35.1 Å². The SMILES string of the molecule is COc1ncnc(C2CC2)c1-c1nn(C(F)F)c2c1CN(c1ccc(-c3nc(C(F)(F)F)cn3C)cc1)CC2. The summed E-state index contributed by atoms with van der Waals surface area (Å²) in [5, 5.41) is 4.33. The third kappa shape index (κ3) is 4.49. The first kappa shape index (κ1) is 25.3. The van der Waals surface area contributed by atoms with Crippen LogP contribution in [-0.2, 0) is 26.2 Å². The lowest BCUT2D eigenvalue weighted by Gasteiger charge is -2.30. The highest BCUT2D eigenvalue weighted by Gasteiger charge is 2.36.